The van der Waals surface area contributed by atoms with E-state index in [0.717, 1.165) is 22.3 Å². The average Bonchev–Trinajstić information content (AvgIpc) is 2.48. The van der Waals surface area contributed by atoms with Gasteiger partial charge in [0.15, 0.2) is 0 Å². The molecule has 96 valence electrons. The van der Waals surface area contributed by atoms with Crippen LogP contribution in [0.25, 0.3) is 10.8 Å². The molecule has 0 fully saturated rings. The standard InChI is InChI=1S/C18H12BrN/c19-15-9-7-12(8-10-15)17-11-14-5-1-3-13-4-2-6-16(20-17)18(13)14/h1-10H,11H2. The van der Waals surface area contributed by atoms with Crippen LogP contribution in [0.5, 0.6) is 0 Å². The molecule has 4 rings (SSSR count). The number of aliphatic imine (C=N–C) groups is 1. The average molecular weight is 322 g/mol. The fourth-order valence-electron chi connectivity index (χ4n) is 2.81. The molecule has 0 amide bonds. The van der Waals surface area contributed by atoms with E-state index in [-0.39, 0.29) is 0 Å². The fourth-order valence-corrected chi connectivity index (χ4v) is 3.08. The first-order valence-corrected chi connectivity index (χ1v) is 7.45. The van der Waals surface area contributed by atoms with Crippen molar-refractivity contribution >= 4 is 38.1 Å². The minimum absolute atomic E-state index is 0.899. The normalized spacial score (nSPS) is 13.3. The summed E-state index contributed by atoms with van der Waals surface area (Å²) in [6.45, 7) is 0. The Balaban J connectivity index is 1.92. The third-order valence-electron chi connectivity index (χ3n) is 3.76. The molecular formula is C18H12BrN. The monoisotopic (exact) mass is 321 g/mol. The van der Waals surface area contributed by atoms with Gasteiger partial charge in [0.05, 0.1) is 11.4 Å². The maximum Gasteiger partial charge on any atom is 0.0714 e. The molecule has 3 aromatic carbocycles. The van der Waals surface area contributed by atoms with Gasteiger partial charge in [0.2, 0.25) is 0 Å². The first-order valence-electron chi connectivity index (χ1n) is 6.65. The highest BCUT2D eigenvalue weighted by Crippen LogP contribution is 2.34. The van der Waals surface area contributed by atoms with Crippen molar-refractivity contribution in [2.45, 2.75) is 6.42 Å². The number of rotatable bonds is 1. The van der Waals surface area contributed by atoms with Crippen molar-refractivity contribution in [1.82, 2.24) is 0 Å². The second kappa shape index (κ2) is 4.57. The molecule has 0 radical (unpaired) electrons. The Bertz CT molecular complexity index is 826. The zero-order chi connectivity index (χ0) is 13.5. The third kappa shape index (κ3) is 1.88. The molecule has 0 bridgehead atoms. The van der Waals surface area contributed by atoms with Gasteiger partial charge in [-0.15, -0.1) is 0 Å². The second-order valence-corrected chi connectivity index (χ2v) is 5.95. The lowest BCUT2D eigenvalue weighted by Crippen LogP contribution is -2.08. The van der Waals surface area contributed by atoms with E-state index in [4.69, 9.17) is 4.99 Å². The topological polar surface area (TPSA) is 12.4 Å². The highest BCUT2D eigenvalue weighted by molar-refractivity contribution is 9.10. The molecule has 3 aromatic rings. The lowest BCUT2D eigenvalue weighted by atomic mass is 9.93. The van der Waals surface area contributed by atoms with Crippen LogP contribution in [0.3, 0.4) is 0 Å². The third-order valence-corrected chi connectivity index (χ3v) is 4.29. The van der Waals surface area contributed by atoms with Gasteiger partial charge in [-0.1, -0.05) is 58.4 Å². The first kappa shape index (κ1) is 11.9. The summed E-state index contributed by atoms with van der Waals surface area (Å²) in [5.41, 5.74) is 4.79. The van der Waals surface area contributed by atoms with Crippen molar-refractivity contribution in [1.29, 1.82) is 0 Å². The van der Waals surface area contributed by atoms with Crippen LogP contribution < -0.4 is 0 Å². The minimum Gasteiger partial charge on any atom is -0.252 e. The smallest absolute Gasteiger partial charge is 0.0714 e. The molecule has 0 saturated heterocycles. The van der Waals surface area contributed by atoms with E-state index < -0.39 is 0 Å². The summed E-state index contributed by atoms with van der Waals surface area (Å²) in [5.74, 6) is 0. The largest absolute Gasteiger partial charge is 0.252 e. The van der Waals surface area contributed by atoms with Crippen LogP contribution in [0, 0.1) is 0 Å². The van der Waals surface area contributed by atoms with Gasteiger partial charge in [-0.3, -0.25) is 4.99 Å². The molecule has 20 heavy (non-hydrogen) atoms. The van der Waals surface area contributed by atoms with Gasteiger partial charge < -0.3 is 0 Å². The summed E-state index contributed by atoms with van der Waals surface area (Å²) in [7, 11) is 0. The molecule has 0 N–H and O–H groups in total. The highest BCUT2D eigenvalue weighted by Gasteiger charge is 2.15. The molecule has 1 heterocycles. The van der Waals surface area contributed by atoms with Gasteiger partial charge in [0.25, 0.3) is 0 Å². The van der Waals surface area contributed by atoms with Crippen LogP contribution in [0.2, 0.25) is 0 Å². The lowest BCUT2D eigenvalue weighted by Gasteiger charge is -2.17. The Morgan fingerprint density at radius 1 is 0.850 bits per heavy atom. The lowest BCUT2D eigenvalue weighted by molar-refractivity contribution is 1.29. The molecule has 0 aliphatic carbocycles. The summed E-state index contributed by atoms with van der Waals surface area (Å²) in [4.78, 5) is 4.86. The molecule has 0 unspecified atom stereocenters. The van der Waals surface area contributed by atoms with Crippen molar-refractivity contribution < 1.29 is 0 Å². The number of nitrogens with zero attached hydrogens (tertiary/aromatic N) is 1. The van der Waals surface area contributed by atoms with Gasteiger partial charge in [0, 0.05) is 16.3 Å². The molecule has 1 aliphatic heterocycles. The molecule has 1 nitrogen and oxygen atoms in total. The van der Waals surface area contributed by atoms with Crippen LogP contribution in [0.1, 0.15) is 11.1 Å². The number of hydrogen-bond donors (Lipinski definition) is 0. The predicted octanol–water partition coefficient (Wildman–Crippen LogP) is 5.28. The quantitative estimate of drug-likeness (QED) is 0.578. The zero-order valence-electron chi connectivity index (χ0n) is 10.8. The van der Waals surface area contributed by atoms with E-state index in [2.05, 4.69) is 76.6 Å². The molecule has 0 atom stereocenters. The second-order valence-electron chi connectivity index (χ2n) is 5.03. The van der Waals surface area contributed by atoms with Gasteiger partial charge in [-0.05, 0) is 34.7 Å². The SMILES string of the molecule is Brc1ccc(C2=Nc3cccc4cccc(c34)C2)cc1. The Morgan fingerprint density at radius 3 is 2.40 bits per heavy atom. The summed E-state index contributed by atoms with van der Waals surface area (Å²) in [5, 5.41) is 2.58. The van der Waals surface area contributed by atoms with Gasteiger partial charge in [0.1, 0.15) is 0 Å². The molecule has 1 aliphatic rings. The predicted molar refractivity (Wildman–Crippen MR) is 88.0 cm³/mol. The van der Waals surface area contributed by atoms with Crippen molar-refractivity contribution in [3.05, 3.63) is 76.3 Å². The van der Waals surface area contributed by atoms with Crippen molar-refractivity contribution in [2.75, 3.05) is 0 Å². The molecule has 0 saturated carbocycles. The molecule has 0 aromatic heterocycles. The van der Waals surface area contributed by atoms with E-state index in [9.17, 15) is 0 Å². The number of halogens is 1. The Hall–Kier alpha value is -1.93. The van der Waals surface area contributed by atoms with Crippen LogP contribution in [-0.4, -0.2) is 5.71 Å². The molecular weight excluding hydrogens is 310 g/mol. The fraction of sp³-hybridized carbons (Fsp3) is 0.0556. The summed E-state index contributed by atoms with van der Waals surface area (Å²) in [6, 6.07) is 21.2. The minimum atomic E-state index is 0.899. The van der Waals surface area contributed by atoms with E-state index in [1.807, 2.05) is 0 Å². The van der Waals surface area contributed by atoms with Gasteiger partial charge in [-0.2, -0.15) is 0 Å². The van der Waals surface area contributed by atoms with Crippen LogP contribution >= 0.6 is 15.9 Å². The van der Waals surface area contributed by atoms with Crippen molar-refractivity contribution in [2.24, 2.45) is 4.99 Å². The summed E-state index contributed by atoms with van der Waals surface area (Å²) < 4.78 is 1.10. The number of hydrogen-bond acceptors (Lipinski definition) is 1. The van der Waals surface area contributed by atoms with E-state index >= 15 is 0 Å². The van der Waals surface area contributed by atoms with Crippen molar-refractivity contribution in [3.63, 3.8) is 0 Å². The zero-order valence-corrected chi connectivity index (χ0v) is 12.4. The Kier molecular flexibility index (Phi) is 2.71. The summed E-state index contributed by atoms with van der Waals surface area (Å²) >= 11 is 3.48. The van der Waals surface area contributed by atoms with E-state index in [0.29, 0.717) is 0 Å². The first-order chi connectivity index (χ1) is 9.81. The Morgan fingerprint density at radius 2 is 1.60 bits per heavy atom. The maximum atomic E-state index is 4.86. The van der Waals surface area contributed by atoms with E-state index in [1.165, 1.54) is 21.9 Å². The highest BCUT2D eigenvalue weighted by atomic mass is 79.9. The molecule has 2 heteroatoms. The summed E-state index contributed by atoms with van der Waals surface area (Å²) in [6.07, 6.45) is 0.899. The van der Waals surface area contributed by atoms with Crippen LogP contribution in [0.4, 0.5) is 5.69 Å². The molecule has 0 spiro atoms. The van der Waals surface area contributed by atoms with Crippen LogP contribution in [-0.2, 0) is 6.42 Å². The van der Waals surface area contributed by atoms with Gasteiger partial charge >= 0.3 is 0 Å². The Labute approximate surface area is 126 Å². The maximum absolute atomic E-state index is 4.86. The van der Waals surface area contributed by atoms with E-state index in [1.54, 1.807) is 0 Å². The van der Waals surface area contributed by atoms with Gasteiger partial charge in [-0.25, -0.2) is 0 Å². The van der Waals surface area contributed by atoms with Crippen molar-refractivity contribution in [3.8, 4) is 0 Å². The number of benzene rings is 3. The van der Waals surface area contributed by atoms with Crippen LogP contribution in [0.15, 0.2) is 70.1 Å².